The SMILES string of the molecule is CNC1CC(c2cc(F)cc(Cl)c2)Oc2ccccc21. The molecule has 0 saturated heterocycles. The first-order chi connectivity index (χ1) is 9.67. The summed E-state index contributed by atoms with van der Waals surface area (Å²) in [5.74, 6) is 0.499. The lowest BCUT2D eigenvalue weighted by Gasteiger charge is -2.32. The molecule has 1 heterocycles. The maximum Gasteiger partial charge on any atom is 0.126 e. The van der Waals surface area contributed by atoms with Crippen LogP contribution in [0.1, 0.15) is 29.7 Å². The summed E-state index contributed by atoms with van der Waals surface area (Å²) in [6.45, 7) is 0. The molecule has 3 rings (SSSR count). The summed E-state index contributed by atoms with van der Waals surface area (Å²) in [7, 11) is 1.92. The van der Waals surface area contributed by atoms with Gasteiger partial charge in [-0.15, -0.1) is 0 Å². The zero-order valence-corrected chi connectivity index (χ0v) is 11.8. The summed E-state index contributed by atoms with van der Waals surface area (Å²) in [5.41, 5.74) is 1.90. The Morgan fingerprint density at radius 3 is 2.80 bits per heavy atom. The third-order valence-electron chi connectivity index (χ3n) is 3.62. The molecule has 0 aromatic heterocycles. The third kappa shape index (κ3) is 2.51. The second-order valence-corrected chi connectivity index (χ2v) is 5.36. The van der Waals surface area contributed by atoms with Crippen LogP contribution in [0.3, 0.4) is 0 Å². The minimum Gasteiger partial charge on any atom is -0.485 e. The van der Waals surface area contributed by atoms with E-state index in [-0.39, 0.29) is 18.0 Å². The van der Waals surface area contributed by atoms with Crippen molar-refractivity contribution in [2.45, 2.75) is 18.6 Å². The highest BCUT2D eigenvalue weighted by molar-refractivity contribution is 6.30. The minimum atomic E-state index is -0.337. The fourth-order valence-electron chi connectivity index (χ4n) is 2.66. The molecule has 2 aromatic rings. The lowest BCUT2D eigenvalue weighted by molar-refractivity contribution is 0.153. The maximum absolute atomic E-state index is 13.5. The number of fused-ring (bicyclic) bond motifs is 1. The molecule has 0 bridgehead atoms. The highest BCUT2D eigenvalue weighted by Gasteiger charge is 2.28. The third-order valence-corrected chi connectivity index (χ3v) is 3.84. The Kier molecular flexibility index (Phi) is 3.64. The normalized spacial score (nSPS) is 21.1. The van der Waals surface area contributed by atoms with Gasteiger partial charge in [-0.2, -0.15) is 0 Å². The van der Waals surface area contributed by atoms with Gasteiger partial charge in [0.05, 0.1) is 0 Å². The van der Waals surface area contributed by atoms with Crippen molar-refractivity contribution in [3.8, 4) is 5.75 Å². The molecule has 2 atom stereocenters. The van der Waals surface area contributed by atoms with Crippen molar-refractivity contribution in [3.05, 3.63) is 64.4 Å². The molecule has 0 amide bonds. The van der Waals surface area contributed by atoms with Crippen LogP contribution in [0.25, 0.3) is 0 Å². The second kappa shape index (κ2) is 5.43. The van der Waals surface area contributed by atoms with Crippen LogP contribution in [-0.4, -0.2) is 7.05 Å². The summed E-state index contributed by atoms with van der Waals surface area (Å²) in [4.78, 5) is 0. The Morgan fingerprint density at radius 1 is 1.25 bits per heavy atom. The van der Waals surface area contributed by atoms with Gasteiger partial charge in [0.25, 0.3) is 0 Å². The first-order valence-electron chi connectivity index (χ1n) is 6.56. The molecule has 0 saturated carbocycles. The molecule has 2 nitrogen and oxygen atoms in total. The van der Waals surface area contributed by atoms with Crippen LogP contribution in [0, 0.1) is 5.82 Å². The standard InChI is InChI=1S/C16H15ClFNO/c1-19-14-9-16(10-6-11(17)8-12(18)7-10)20-15-5-3-2-4-13(14)15/h2-8,14,16,19H,9H2,1H3. The van der Waals surface area contributed by atoms with E-state index >= 15 is 0 Å². The molecule has 1 aliphatic rings. The first kappa shape index (κ1) is 13.4. The van der Waals surface area contributed by atoms with E-state index in [9.17, 15) is 4.39 Å². The van der Waals surface area contributed by atoms with E-state index in [1.165, 1.54) is 12.1 Å². The van der Waals surface area contributed by atoms with Crippen LogP contribution in [0.5, 0.6) is 5.75 Å². The highest BCUT2D eigenvalue weighted by atomic mass is 35.5. The second-order valence-electron chi connectivity index (χ2n) is 4.92. The van der Waals surface area contributed by atoms with Crippen LogP contribution in [0.4, 0.5) is 4.39 Å². The average Bonchev–Trinajstić information content (AvgIpc) is 2.45. The number of halogens is 2. The van der Waals surface area contributed by atoms with Gasteiger partial charge in [0.15, 0.2) is 0 Å². The fourth-order valence-corrected chi connectivity index (χ4v) is 2.89. The Labute approximate surface area is 122 Å². The monoisotopic (exact) mass is 291 g/mol. The van der Waals surface area contributed by atoms with Crippen molar-refractivity contribution >= 4 is 11.6 Å². The Balaban J connectivity index is 1.97. The van der Waals surface area contributed by atoms with Crippen molar-refractivity contribution in [2.24, 2.45) is 0 Å². The Bertz CT molecular complexity index is 611. The van der Waals surface area contributed by atoms with Crippen LogP contribution in [-0.2, 0) is 0 Å². The van der Waals surface area contributed by atoms with Crippen molar-refractivity contribution < 1.29 is 9.13 Å². The van der Waals surface area contributed by atoms with Crippen molar-refractivity contribution in [1.82, 2.24) is 5.32 Å². The zero-order valence-electron chi connectivity index (χ0n) is 11.1. The molecule has 0 aliphatic carbocycles. The van der Waals surface area contributed by atoms with E-state index in [4.69, 9.17) is 16.3 Å². The van der Waals surface area contributed by atoms with E-state index in [1.54, 1.807) is 6.07 Å². The predicted octanol–water partition coefficient (Wildman–Crippen LogP) is 4.26. The van der Waals surface area contributed by atoms with Crippen LogP contribution < -0.4 is 10.1 Å². The summed E-state index contributed by atoms with van der Waals surface area (Å²) in [6.07, 6.45) is 0.545. The van der Waals surface area contributed by atoms with Gasteiger partial charge in [0, 0.05) is 23.0 Å². The van der Waals surface area contributed by atoms with E-state index in [0.29, 0.717) is 5.02 Å². The van der Waals surface area contributed by atoms with Crippen LogP contribution in [0.15, 0.2) is 42.5 Å². The molecule has 1 N–H and O–H groups in total. The zero-order chi connectivity index (χ0) is 14.1. The van der Waals surface area contributed by atoms with Gasteiger partial charge in [0.1, 0.15) is 17.7 Å². The molecule has 20 heavy (non-hydrogen) atoms. The molecule has 1 aliphatic heterocycles. The smallest absolute Gasteiger partial charge is 0.126 e. The number of ether oxygens (including phenoxy) is 1. The molecule has 2 unspecified atom stereocenters. The van der Waals surface area contributed by atoms with Gasteiger partial charge >= 0.3 is 0 Å². The van der Waals surface area contributed by atoms with Crippen molar-refractivity contribution in [3.63, 3.8) is 0 Å². The molecule has 0 fully saturated rings. The largest absolute Gasteiger partial charge is 0.485 e. The van der Waals surface area contributed by atoms with Gasteiger partial charge in [-0.05, 0) is 36.9 Å². The Hall–Kier alpha value is -1.58. The summed E-state index contributed by atoms with van der Waals surface area (Å²) >= 11 is 5.93. The van der Waals surface area contributed by atoms with Crippen molar-refractivity contribution in [1.29, 1.82) is 0 Å². The van der Waals surface area contributed by atoms with E-state index < -0.39 is 0 Å². The molecule has 0 spiro atoms. The fraction of sp³-hybridized carbons (Fsp3) is 0.250. The van der Waals surface area contributed by atoms with E-state index in [0.717, 1.165) is 23.3 Å². The number of hydrogen-bond acceptors (Lipinski definition) is 2. The molecular formula is C16H15ClFNO. The lowest BCUT2D eigenvalue weighted by Crippen LogP contribution is -2.26. The minimum absolute atomic E-state index is 0.187. The van der Waals surface area contributed by atoms with E-state index in [1.807, 2.05) is 31.3 Å². The average molecular weight is 292 g/mol. The molecule has 104 valence electrons. The van der Waals surface area contributed by atoms with Crippen molar-refractivity contribution in [2.75, 3.05) is 7.05 Å². The summed E-state index contributed by atoms with van der Waals surface area (Å²) in [5, 5.41) is 3.67. The van der Waals surface area contributed by atoms with Gasteiger partial charge < -0.3 is 10.1 Å². The number of nitrogens with one attached hydrogen (secondary N) is 1. The number of para-hydroxylation sites is 1. The quantitative estimate of drug-likeness (QED) is 0.892. The van der Waals surface area contributed by atoms with Gasteiger partial charge in [0.2, 0.25) is 0 Å². The molecule has 4 heteroatoms. The Morgan fingerprint density at radius 2 is 2.05 bits per heavy atom. The van der Waals surface area contributed by atoms with Gasteiger partial charge in [-0.3, -0.25) is 0 Å². The topological polar surface area (TPSA) is 21.3 Å². The summed E-state index contributed by atoms with van der Waals surface area (Å²) < 4.78 is 19.5. The molecular weight excluding hydrogens is 277 g/mol. The van der Waals surface area contributed by atoms with Gasteiger partial charge in [-0.25, -0.2) is 4.39 Å². The molecule has 0 radical (unpaired) electrons. The maximum atomic E-state index is 13.5. The predicted molar refractivity (Wildman–Crippen MR) is 77.6 cm³/mol. The first-order valence-corrected chi connectivity index (χ1v) is 6.94. The number of rotatable bonds is 2. The lowest BCUT2D eigenvalue weighted by atomic mass is 9.93. The van der Waals surface area contributed by atoms with Gasteiger partial charge in [-0.1, -0.05) is 29.8 Å². The number of benzene rings is 2. The highest BCUT2D eigenvalue weighted by Crippen LogP contribution is 2.40. The number of hydrogen-bond donors (Lipinski definition) is 1. The molecule has 2 aromatic carbocycles. The van der Waals surface area contributed by atoms with Crippen LogP contribution >= 0.6 is 11.6 Å². The van der Waals surface area contributed by atoms with Crippen LogP contribution in [0.2, 0.25) is 5.02 Å². The summed E-state index contributed by atoms with van der Waals surface area (Å²) in [6, 6.07) is 12.6. The van der Waals surface area contributed by atoms with E-state index in [2.05, 4.69) is 5.32 Å².